The number of hydrogen-bond donors (Lipinski definition) is 0. The average Bonchev–Trinajstić information content (AvgIpc) is 2.66. The third-order valence-corrected chi connectivity index (χ3v) is 3.28. The van der Waals surface area contributed by atoms with Crippen molar-refractivity contribution in [1.29, 1.82) is 0 Å². The molecule has 0 N–H and O–H groups in total. The van der Waals surface area contributed by atoms with Gasteiger partial charge in [-0.3, -0.25) is 0 Å². The molecule has 2 rings (SSSR count). The molecule has 1 unspecified atom stereocenters. The SMILES string of the molecule is CC(C)CC(C)n1c(CCCl)nc2cccnc21. The first-order valence-corrected chi connectivity index (χ1v) is 7.04. The summed E-state index contributed by atoms with van der Waals surface area (Å²) in [6.07, 6.45) is 3.74. The lowest BCUT2D eigenvalue weighted by Gasteiger charge is -2.18. The fourth-order valence-corrected chi connectivity index (χ4v) is 2.66. The maximum absolute atomic E-state index is 5.87. The summed E-state index contributed by atoms with van der Waals surface area (Å²) >= 11 is 5.87. The molecule has 0 spiro atoms. The van der Waals surface area contributed by atoms with Gasteiger partial charge in [0.2, 0.25) is 0 Å². The van der Waals surface area contributed by atoms with Gasteiger partial charge in [0.05, 0.1) is 0 Å². The average molecular weight is 266 g/mol. The Hall–Kier alpha value is -1.09. The number of alkyl halides is 1. The first-order chi connectivity index (χ1) is 8.63. The van der Waals surface area contributed by atoms with E-state index in [2.05, 4.69) is 35.3 Å². The van der Waals surface area contributed by atoms with Crippen LogP contribution in [-0.4, -0.2) is 20.4 Å². The Morgan fingerprint density at radius 1 is 1.33 bits per heavy atom. The molecule has 2 heterocycles. The third kappa shape index (κ3) is 2.66. The minimum atomic E-state index is 0.406. The largest absolute Gasteiger partial charge is 0.310 e. The lowest BCUT2D eigenvalue weighted by molar-refractivity contribution is 0.425. The molecular weight excluding hydrogens is 246 g/mol. The number of nitrogens with zero attached hydrogens (tertiary/aromatic N) is 3. The number of fused-ring (bicyclic) bond motifs is 1. The van der Waals surface area contributed by atoms with Crippen molar-refractivity contribution < 1.29 is 0 Å². The maximum atomic E-state index is 5.87. The lowest BCUT2D eigenvalue weighted by atomic mass is 10.0. The van der Waals surface area contributed by atoms with E-state index in [4.69, 9.17) is 11.6 Å². The summed E-state index contributed by atoms with van der Waals surface area (Å²) < 4.78 is 2.25. The molecule has 2 aromatic heterocycles. The Bertz CT molecular complexity index is 519. The fraction of sp³-hybridized carbons (Fsp3) is 0.571. The smallest absolute Gasteiger partial charge is 0.160 e. The normalized spacial score (nSPS) is 13.4. The summed E-state index contributed by atoms with van der Waals surface area (Å²) in [6.45, 7) is 6.71. The van der Waals surface area contributed by atoms with Gasteiger partial charge in [-0.1, -0.05) is 13.8 Å². The van der Waals surface area contributed by atoms with Gasteiger partial charge in [0.1, 0.15) is 11.3 Å². The number of hydrogen-bond acceptors (Lipinski definition) is 2. The molecule has 98 valence electrons. The van der Waals surface area contributed by atoms with Gasteiger partial charge in [-0.2, -0.15) is 0 Å². The number of aryl methyl sites for hydroxylation is 1. The number of pyridine rings is 1. The summed E-state index contributed by atoms with van der Waals surface area (Å²) in [5.74, 6) is 2.30. The second kappa shape index (κ2) is 5.70. The van der Waals surface area contributed by atoms with E-state index in [1.54, 1.807) is 0 Å². The van der Waals surface area contributed by atoms with Crippen molar-refractivity contribution in [1.82, 2.24) is 14.5 Å². The second-order valence-electron chi connectivity index (χ2n) is 5.16. The predicted molar refractivity (Wildman–Crippen MR) is 76.1 cm³/mol. The van der Waals surface area contributed by atoms with Crippen LogP contribution in [-0.2, 0) is 6.42 Å². The highest BCUT2D eigenvalue weighted by Gasteiger charge is 2.17. The highest BCUT2D eigenvalue weighted by molar-refractivity contribution is 6.17. The van der Waals surface area contributed by atoms with Gasteiger partial charge in [-0.05, 0) is 31.4 Å². The molecule has 0 amide bonds. The van der Waals surface area contributed by atoms with Crippen molar-refractivity contribution >= 4 is 22.8 Å². The van der Waals surface area contributed by atoms with E-state index in [0.717, 1.165) is 29.8 Å². The van der Waals surface area contributed by atoms with Crippen molar-refractivity contribution in [2.45, 2.75) is 39.7 Å². The van der Waals surface area contributed by atoms with Gasteiger partial charge in [0.25, 0.3) is 0 Å². The summed E-state index contributed by atoms with van der Waals surface area (Å²) in [5.41, 5.74) is 1.94. The van der Waals surface area contributed by atoms with E-state index in [1.807, 2.05) is 18.3 Å². The zero-order chi connectivity index (χ0) is 13.1. The second-order valence-corrected chi connectivity index (χ2v) is 5.54. The molecule has 4 heteroatoms. The van der Waals surface area contributed by atoms with Crippen LogP contribution in [0.25, 0.3) is 11.2 Å². The van der Waals surface area contributed by atoms with Gasteiger partial charge < -0.3 is 4.57 Å². The van der Waals surface area contributed by atoms with Gasteiger partial charge in [-0.25, -0.2) is 9.97 Å². The summed E-state index contributed by atoms with van der Waals surface area (Å²) in [6, 6.07) is 4.35. The van der Waals surface area contributed by atoms with E-state index in [-0.39, 0.29) is 0 Å². The molecule has 0 aliphatic rings. The molecule has 0 saturated carbocycles. The first-order valence-electron chi connectivity index (χ1n) is 6.51. The molecule has 0 aromatic carbocycles. The van der Waals surface area contributed by atoms with Crippen molar-refractivity contribution in [3.63, 3.8) is 0 Å². The van der Waals surface area contributed by atoms with Crippen LogP contribution < -0.4 is 0 Å². The molecule has 2 aromatic rings. The zero-order valence-corrected chi connectivity index (χ0v) is 12.0. The zero-order valence-electron chi connectivity index (χ0n) is 11.2. The Kier molecular flexibility index (Phi) is 4.23. The van der Waals surface area contributed by atoms with Crippen LogP contribution in [0.4, 0.5) is 0 Å². The van der Waals surface area contributed by atoms with Gasteiger partial charge in [-0.15, -0.1) is 11.6 Å². The maximum Gasteiger partial charge on any atom is 0.160 e. The van der Waals surface area contributed by atoms with Crippen LogP contribution in [0.5, 0.6) is 0 Å². The van der Waals surface area contributed by atoms with Gasteiger partial charge >= 0.3 is 0 Å². The Balaban J connectivity index is 2.47. The molecule has 1 atom stereocenters. The Morgan fingerprint density at radius 3 is 2.78 bits per heavy atom. The fourth-order valence-electron chi connectivity index (χ4n) is 2.49. The number of rotatable bonds is 5. The van der Waals surface area contributed by atoms with E-state index in [1.165, 1.54) is 0 Å². The summed E-state index contributed by atoms with van der Waals surface area (Å²) in [7, 11) is 0. The molecule has 0 bridgehead atoms. The monoisotopic (exact) mass is 265 g/mol. The van der Waals surface area contributed by atoms with E-state index < -0.39 is 0 Å². The van der Waals surface area contributed by atoms with E-state index in [9.17, 15) is 0 Å². The van der Waals surface area contributed by atoms with Crippen LogP contribution in [0.1, 0.15) is 39.1 Å². The molecule has 0 aliphatic carbocycles. The number of aromatic nitrogens is 3. The molecule has 0 saturated heterocycles. The quantitative estimate of drug-likeness (QED) is 0.770. The topological polar surface area (TPSA) is 30.7 Å². The highest BCUT2D eigenvalue weighted by Crippen LogP contribution is 2.24. The van der Waals surface area contributed by atoms with Crippen LogP contribution >= 0.6 is 11.6 Å². The van der Waals surface area contributed by atoms with E-state index in [0.29, 0.717) is 17.8 Å². The van der Waals surface area contributed by atoms with Crippen molar-refractivity contribution in [3.05, 3.63) is 24.2 Å². The minimum Gasteiger partial charge on any atom is -0.310 e. The first kappa shape index (κ1) is 13.3. The van der Waals surface area contributed by atoms with Crippen molar-refractivity contribution in [2.75, 3.05) is 5.88 Å². The molecular formula is C14H20ClN3. The van der Waals surface area contributed by atoms with Crippen LogP contribution in [0, 0.1) is 5.92 Å². The Labute approximate surface area is 113 Å². The predicted octanol–water partition coefficient (Wildman–Crippen LogP) is 3.82. The Morgan fingerprint density at radius 2 is 2.11 bits per heavy atom. The van der Waals surface area contributed by atoms with Gasteiger partial charge in [0.15, 0.2) is 5.65 Å². The third-order valence-electron chi connectivity index (χ3n) is 3.09. The van der Waals surface area contributed by atoms with Crippen molar-refractivity contribution in [2.24, 2.45) is 5.92 Å². The molecule has 0 radical (unpaired) electrons. The summed E-state index contributed by atoms with van der Waals surface area (Å²) in [5, 5.41) is 0. The molecule has 18 heavy (non-hydrogen) atoms. The molecule has 3 nitrogen and oxygen atoms in total. The number of halogens is 1. The van der Waals surface area contributed by atoms with Gasteiger partial charge in [0, 0.05) is 24.5 Å². The molecule has 0 aliphatic heterocycles. The highest BCUT2D eigenvalue weighted by atomic mass is 35.5. The van der Waals surface area contributed by atoms with Crippen LogP contribution in [0.2, 0.25) is 0 Å². The molecule has 0 fully saturated rings. The standard InChI is InChI=1S/C14H20ClN3/c1-10(2)9-11(3)18-13(6-7-15)17-12-5-4-8-16-14(12)18/h4-5,8,10-11H,6-7,9H2,1-3H3. The van der Waals surface area contributed by atoms with Crippen molar-refractivity contribution in [3.8, 4) is 0 Å². The number of imidazole rings is 1. The lowest BCUT2D eigenvalue weighted by Crippen LogP contribution is -2.12. The van der Waals surface area contributed by atoms with E-state index >= 15 is 0 Å². The summed E-state index contributed by atoms with van der Waals surface area (Å²) in [4.78, 5) is 9.12. The van der Waals surface area contributed by atoms with Crippen LogP contribution in [0.15, 0.2) is 18.3 Å². The minimum absolute atomic E-state index is 0.406. The van der Waals surface area contributed by atoms with Crippen LogP contribution in [0.3, 0.4) is 0 Å².